The molecule has 2 amide bonds. The van der Waals surface area contributed by atoms with E-state index in [2.05, 4.69) is 30.7 Å². The van der Waals surface area contributed by atoms with Crippen molar-refractivity contribution >= 4 is 57.5 Å². The third kappa shape index (κ3) is 5.77. The van der Waals surface area contributed by atoms with Crippen LogP contribution < -0.4 is 15.5 Å². The molecule has 204 valence electrons. The van der Waals surface area contributed by atoms with Crippen molar-refractivity contribution in [3.05, 3.63) is 44.7 Å². The van der Waals surface area contributed by atoms with E-state index >= 15 is 0 Å². The van der Waals surface area contributed by atoms with E-state index in [9.17, 15) is 19.5 Å². The summed E-state index contributed by atoms with van der Waals surface area (Å²) in [5.41, 5.74) is 0.582. The number of aromatic carboxylic acids is 1. The van der Waals surface area contributed by atoms with Crippen molar-refractivity contribution < 1.29 is 24.2 Å². The first-order valence-electron chi connectivity index (χ1n) is 11.6. The summed E-state index contributed by atoms with van der Waals surface area (Å²) in [5.74, 6) is -2.26. The van der Waals surface area contributed by atoms with Gasteiger partial charge in [-0.2, -0.15) is 5.10 Å². The van der Waals surface area contributed by atoms with Crippen molar-refractivity contribution in [2.24, 2.45) is 0 Å². The van der Waals surface area contributed by atoms with E-state index in [1.54, 1.807) is 18.5 Å². The second kappa shape index (κ2) is 11.7. The van der Waals surface area contributed by atoms with Crippen LogP contribution in [0, 0.1) is 6.92 Å². The lowest BCUT2D eigenvalue weighted by atomic mass is 9.99. The number of carboxylic acid groups (broad SMARTS) is 1. The third-order valence-corrected chi connectivity index (χ3v) is 8.10. The van der Waals surface area contributed by atoms with Crippen molar-refractivity contribution in [3.63, 3.8) is 0 Å². The maximum Gasteiger partial charge on any atom is 0.348 e. The number of rotatable bonds is 9. The number of aromatic nitrogens is 5. The molecule has 0 bridgehead atoms. The number of ether oxygens (including phenoxy) is 1. The zero-order chi connectivity index (χ0) is 27.6. The maximum atomic E-state index is 13.0. The van der Waals surface area contributed by atoms with Crippen LogP contribution in [0.1, 0.15) is 55.7 Å². The molecule has 0 aliphatic carbocycles. The summed E-state index contributed by atoms with van der Waals surface area (Å²) in [5, 5.41) is 20.5. The van der Waals surface area contributed by atoms with Gasteiger partial charge in [0.05, 0.1) is 28.7 Å². The summed E-state index contributed by atoms with van der Waals surface area (Å²) in [7, 11) is 1.51. The third-order valence-electron chi connectivity index (χ3n) is 6.05. The summed E-state index contributed by atoms with van der Waals surface area (Å²) < 4.78 is 6.65. The fourth-order valence-corrected chi connectivity index (χ4v) is 5.58. The first-order chi connectivity index (χ1) is 18.1. The average Bonchev–Trinajstić information content (AvgIpc) is 3.61. The highest BCUT2D eigenvalue weighted by Crippen LogP contribution is 2.33. The number of halogens is 2. The molecule has 4 N–H and O–H groups in total. The van der Waals surface area contributed by atoms with Gasteiger partial charge in [0.15, 0.2) is 10.8 Å². The van der Waals surface area contributed by atoms with E-state index < -0.39 is 17.8 Å². The Hall–Kier alpha value is -3.20. The number of piperidine rings is 1. The molecule has 4 heterocycles. The number of thiazole rings is 1. The molecule has 0 unspecified atom stereocenters. The second-order valence-electron chi connectivity index (χ2n) is 8.82. The number of hydrogen-bond acceptors (Lipinski definition) is 9. The second-order valence-corrected chi connectivity index (χ2v) is 10.6. The standard InChI is InChI=1S/C22H26Cl2N8O5S/c1-10(7-37-3)27-20(34)17-18(21(35)36)38-22(30-17)31-5-4-12(13(6-31)32-9-25-8-26-32)29-19(33)16-15(24)14(23)11(2)28-16/h8-10,12-13,28H,4-7H2,1-3H3,(H,27,34)(H,29,33)(H,35,36)/t10-,12-,13+/m0/s1. The van der Waals surface area contributed by atoms with Gasteiger partial charge in [-0.1, -0.05) is 34.5 Å². The quantitative estimate of drug-likeness (QED) is 0.295. The van der Waals surface area contributed by atoms with Gasteiger partial charge in [0.25, 0.3) is 11.8 Å². The van der Waals surface area contributed by atoms with Crippen LogP contribution in [-0.2, 0) is 4.74 Å². The zero-order valence-electron chi connectivity index (χ0n) is 20.7. The lowest BCUT2D eigenvalue weighted by Crippen LogP contribution is -2.52. The van der Waals surface area contributed by atoms with Gasteiger partial charge in [-0.05, 0) is 20.3 Å². The summed E-state index contributed by atoms with van der Waals surface area (Å²) >= 11 is 13.3. The molecule has 3 aromatic rings. The topological polar surface area (TPSA) is 167 Å². The molecule has 16 heteroatoms. The van der Waals surface area contributed by atoms with Gasteiger partial charge in [-0.15, -0.1) is 0 Å². The molecule has 13 nitrogen and oxygen atoms in total. The Balaban J connectivity index is 1.56. The smallest absolute Gasteiger partial charge is 0.348 e. The molecule has 0 spiro atoms. The van der Waals surface area contributed by atoms with Crippen molar-refractivity contribution in [1.29, 1.82) is 0 Å². The molecule has 0 radical (unpaired) electrons. The Morgan fingerprint density at radius 1 is 1.32 bits per heavy atom. The van der Waals surface area contributed by atoms with Gasteiger partial charge in [-0.3, -0.25) is 9.59 Å². The molecule has 0 saturated carbocycles. The highest BCUT2D eigenvalue weighted by Gasteiger charge is 2.36. The number of hydrogen-bond donors (Lipinski definition) is 4. The van der Waals surface area contributed by atoms with Crippen molar-refractivity contribution in [1.82, 2.24) is 35.4 Å². The van der Waals surface area contributed by atoms with Gasteiger partial charge in [0.1, 0.15) is 23.2 Å². The van der Waals surface area contributed by atoms with Gasteiger partial charge < -0.3 is 30.4 Å². The largest absolute Gasteiger partial charge is 0.477 e. The Morgan fingerprint density at radius 2 is 2.08 bits per heavy atom. The number of nitrogens with one attached hydrogen (secondary N) is 3. The zero-order valence-corrected chi connectivity index (χ0v) is 23.0. The molecule has 1 aliphatic rings. The molecule has 1 aliphatic heterocycles. The van der Waals surface area contributed by atoms with Crippen LogP contribution in [0.25, 0.3) is 0 Å². The number of aryl methyl sites for hydroxylation is 1. The molecule has 1 saturated heterocycles. The Bertz CT molecular complexity index is 1330. The number of carboxylic acids is 1. The molecule has 3 atom stereocenters. The summed E-state index contributed by atoms with van der Waals surface area (Å²) in [6, 6.07) is -1.07. The van der Waals surface area contributed by atoms with Gasteiger partial charge in [0.2, 0.25) is 0 Å². The van der Waals surface area contributed by atoms with Crippen molar-refractivity contribution in [2.45, 2.75) is 38.4 Å². The van der Waals surface area contributed by atoms with Crippen LogP contribution in [0.5, 0.6) is 0 Å². The van der Waals surface area contributed by atoms with E-state index in [-0.39, 0.29) is 51.0 Å². The molecule has 0 aromatic carbocycles. The van der Waals surface area contributed by atoms with Crippen molar-refractivity contribution in [2.75, 3.05) is 31.7 Å². The Morgan fingerprint density at radius 3 is 2.68 bits per heavy atom. The number of amides is 2. The highest BCUT2D eigenvalue weighted by molar-refractivity contribution is 7.17. The van der Waals surface area contributed by atoms with Gasteiger partial charge >= 0.3 is 5.97 Å². The monoisotopic (exact) mass is 584 g/mol. The first-order valence-corrected chi connectivity index (χ1v) is 13.1. The first kappa shape index (κ1) is 27.8. The van der Waals surface area contributed by atoms with Crippen LogP contribution in [-0.4, -0.2) is 86.5 Å². The Kier molecular flexibility index (Phi) is 8.55. The summed E-state index contributed by atoms with van der Waals surface area (Å²) in [4.78, 5) is 50.7. The number of carbonyl (C=O) groups is 3. The molecular weight excluding hydrogens is 559 g/mol. The number of H-pyrrole nitrogens is 1. The number of anilines is 1. The Labute approximate surface area is 231 Å². The lowest BCUT2D eigenvalue weighted by Gasteiger charge is -2.38. The van der Waals surface area contributed by atoms with E-state index in [0.717, 1.165) is 11.3 Å². The van der Waals surface area contributed by atoms with Crippen LogP contribution >= 0.6 is 34.5 Å². The molecule has 3 aromatic heterocycles. The average molecular weight is 585 g/mol. The predicted octanol–water partition coefficient (Wildman–Crippen LogP) is 2.39. The minimum Gasteiger partial charge on any atom is -0.477 e. The summed E-state index contributed by atoms with van der Waals surface area (Å²) in [6.07, 6.45) is 3.39. The lowest BCUT2D eigenvalue weighted by molar-refractivity contribution is 0.0694. The normalized spacial score (nSPS) is 18.3. The number of carbonyl (C=O) groups excluding carboxylic acids is 2. The van der Waals surface area contributed by atoms with Gasteiger partial charge in [-0.25, -0.2) is 19.4 Å². The van der Waals surface area contributed by atoms with Crippen molar-refractivity contribution in [3.8, 4) is 0 Å². The fraction of sp³-hybridized carbons (Fsp3) is 0.455. The maximum absolute atomic E-state index is 13.0. The SMILES string of the molecule is COC[C@H](C)NC(=O)c1nc(N2CC[C@H](NC(=O)c3[nH]c(C)c(Cl)c3Cl)[C@H](n3cncn3)C2)sc1C(=O)O. The number of aromatic amines is 1. The van der Waals surface area contributed by atoms with E-state index in [0.29, 0.717) is 30.3 Å². The molecule has 38 heavy (non-hydrogen) atoms. The van der Waals surface area contributed by atoms with Crippen LogP contribution in [0.3, 0.4) is 0 Å². The van der Waals surface area contributed by atoms with Crippen LogP contribution in [0.4, 0.5) is 5.13 Å². The molecule has 4 rings (SSSR count). The summed E-state index contributed by atoms with van der Waals surface area (Å²) in [6.45, 7) is 4.48. The van der Waals surface area contributed by atoms with Crippen LogP contribution in [0.2, 0.25) is 10.0 Å². The number of methoxy groups -OCH3 is 1. The van der Waals surface area contributed by atoms with Gasteiger partial charge in [0, 0.05) is 31.9 Å². The predicted molar refractivity (Wildman–Crippen MR) is 141 cm³/mol. The minimum atomic E-state index is -1.25. The molecular formula is C22H26Cl2N8O5S. The minimum absolute atomic E-state index is 0.144. The molecule has 1 fully saturated rings. The fourth-order valence-electron chi connectivity index (χ4n) is 4.23. The van der Waals surface area contributed by atoms with E-state index in [4.69, 9.17) is 27.9 Å². The number of nitrogens with zero attached hydrogens (tertiary/aromatic N) is 5. The highest BCUT2D eigenvalue weighted by atomic mass is 35.5. The van der Waals surface area contributed by atoms with E-state index in [1.807, 2.05) is 4.90 Å². The van der Waals surface area contributed by atoms with Crippen LogP contribution in [0.15, 0.2) is 12.7 Å². The van der Waals surface area contributed by atoms with E-state index in [1.165, 1.54) is 19.8 Å².